The molecule has 0 saturated heterocycles. The average Bonchev–Trinajstić information content (AvgIpc) is 3.68. The van der Waals surface area contributed by atoms with Gasteiger partial charge in [-0.2, -0.15) is 0 Å². The van der Waals surface area contributed by atoms with Crippen molar-refractivity contribution in [1.82, 2.24) is 23.5 Å². The summed E-state index contributed by atoms with van der Waals surface area (Å²) in [6, 6.07) is 46.8. The Kier molecular flexibility index (Phi) is 4.55. The third kappa shape index (κ3) is 3.06. The molecule has 192 valence electrons. The van der Waals surface area contributed by atoms with Crippen LogP contribution in [0.15, 0.2) is 140 Å². The van der Waals surface area contributed by atoms with Crippen LogP contribution in [-0.4, -0.2) is 23.5 Å². The van der Waals surface area contributed by atoms with Gasteiger partial charge in [0.1, 0.15) is 0 Å². The highest BCUT2D eigenvalue weighted by atomic mass is 15.2. The number of hydrogen-bond acceptors (Lipinski definition) is 2. The van der Waals surface area contributed by atoms with Gasteiger partial charge in [0.15, 0.2) is 0 Å². The lowest BCUT2D eigenvalue weighted by molar-refractivity contribution is 1.10. The minimum atomic E-state index is 0.884. The van der Waals surface area contributed by atoms with E-state index in [1.807, 2.05) is 18.3 Å². The molecule has 0 aliphatic heterocycles. The Hall–Kier alpha value is -5.68. The lowest BCUT2D eigenvalue weighted by Gasteiger charge is -2.16. The zero-order chi connectivity index (χ0) is 26.9. The Labute approximate surface area is 235 Å². The van der Waals surface area contributed by atoms with E-state index in [-0.39, 0.29) is 0 Å². The molecular weight excluding hydrogens is 502 g/mol. The molecule has 0 N–H and O–H groups in total. The van der Waals surface area contributed by atoms with Crippen molar-refractivity contribution in [3.8, 4) is 22.6 Å². The number of para-hydroxylation sites is 7. The largest absolute Gasteiger partial charge is 0.307 e. The van der Waals surface area contributed by atoms with E-state index in [9.17, 15) is 0 Å². The Morgan fingerprint density at radius 1 is 0.439 bits per heavy atom. The number of aromatic nitrogens is 5. The minimum absolute atomic E-state index is 0.884. The predicted octanol–water partition coefficient (Wildman–Crippen LogP) is 8.59. The van der Waals surface area contributed by atoms with Gasteiger partial charge < -0.3 is 4.57 Å². The fraction of sp³-hybridized carbons (Fsp3) is 0. The molecule has 0 fully saturated rings. The summed E-state index contributed by atoms with van der Waals surface area (Å²) in [4.78, 5) is 10.1. The lowest BCUT2D eigenvalue weighted by atomic mass is 10.1. The maximum absolute atomic E-state index is 5.12. The van der Waals surface area contributed by atoms with Gasteiger partial charge in [-0.15, -0.1) is 0 Å². The Morgan fingerprint density at radius 3 is 1.80 bits per heavy atom. The summed E-state index contributed by atoms with van der Waals surface area (Å²) < 4.78 is 6.87. The van der Waals surface area contributed by atoms with Crippen LogP contribution in [0.25, 0.3) is 72.3 Å². The maximum atomic E-state index is 5.12. The molecule has 0 atom stereocenters. The molecule has 5 nitrogen and oxygen atoms in total. The van der Waals surface area contributed by atoms with Crippen molar-refractivity contribution in [1.29, 1.82) is 0 Å². The van der Waals surface area contributed by atoms with E-state index in [0.29, 0.717) is 0 Å². The fourth-order valence-electron chi connectivity index (χ4n) is 6.42. The zero-order valence-corrected chi connectivity index (χ0v) is 22.0. The summed E-state index contributed by atoms with van der Waals surface area (Å²) in [6.07, 6.45) is 1.89. The summed E-state index contributed by atoms with van der Waals surface area (Å²) in [5, 5.41) is 2.46. The number of nitrogens with zero attached hydrogens (tertiary/aromatic N) is 5. The van der Waals surface area contributed by atoms with E-state index in [0.717, 1.165) is 61.5 Å². The van der Waals surface area contributed by atoms with Gasteiger partial charge in [-0.25, -0.2) is 4.98 Å². The Balaban J connectivity index is 1.38. The normalized spacial score (nSPS) is 11.9. The third-order valence-electron chi connectivity index (χ3n) is 8.11. The summed E-state index contributed by atoms with van der Waals surface area (Å²) in [5.41, 5.74) is 10.6. The molecule has 4 aromatic heterocycles. The van der Waals surface area contributed by atoms with Crippen LogP contribution in [0, 0.1) is 0 Å². The second kappa shape index (κ2) is 8.41. The number of fused-ring (bicyclic) bond motifs is 8. The van der Waals surface area contributed by atoms with Crippen molar-refractivity contribution >= 4 is 49.7 Å². The smallest absolute Gasteiger partial charge is 0.220 e. The monoisotopic (exact) mass is 525 g/mol. The molecule has 0 spiro atoms. The van der Waals surface area contributed by atoms with Crippen molar-refractivity contribution in [3.05, 3.63) is 140 Å². The van der Waals surface area contributed by atoms with E-state index < -0.39 is 0 Å². The summed E-state index contributed by atoms with van der Waals surface area (Å²) in [5.74, 6) is 0.884. The molecule has 5 aromatic carbocycles. The van der Waals surface area contributed by atoms with E-state index >= 15 is 0 Å². The number of imidazole rings is 2. The average molecular weight is 526 g/mol. The first-order valence-electron chi connectivity index (χ1n) is 13.8. The number of pyridine rings is 1. The van der Waals surface area contributed by atoms with Gasteiger partial charge >= 0.3 is 0 Å². The third-order valence-corrected chi connectivity index (χ3v) is 8.11. The summed E-state index contributed by atoms with van der Waals surface area (Å²) >= 11 is 0. The zero-order valence-electron chi connectivity index (χ0n) is 22.0. The van der Waals surface area contributed by atoms with Crippen LogP contribution in [0.1, 0.15) is 0 Å². The molecular formula is C36H23N5. The van der Waals surface area contributed by atoms with Crippen molar-refractivity contribution < 1.29 is 0 Å². The highest BCUT2D eigenvalue weighted by Gasteiger charge is 2.22. The molecule has 0 radical (unpaired) electrons. The van der Waals surface area contributed by atoms with Gasteiger partial charge in [0.05, 0.1) is 50.2 Å². The van der Waals surface area contributed by atoms with Crippen molar-refractivity contribution in [2.75, 3.05) is 0 Å². The molecule has 0 saturated carbocycles. The van der Waals surface area contributed by atoms with Gasteiger partial charge in [0, 0.05) is 22.5 Å². The van der Waals surface area contributed by atoms with Crippen LogP contribution in [0.2, 0.25) is 0 Å². The van der Waals surface area contributed by atoms with Gasteiger partial charge in [0.2, 0.25) is 5.78 Å². The second-order valence-electron chi connectivity index (χ2n) is 10.3. The molecule has 5 heteroatoms. The molecule has 0 aliphatic carbocycles. The van der Waals surface area contributed by atoms with Gasteiger partial charge in [-0.05, 0) is 54.6 Å². The van der Waals surface area contributed by atoms with Crippen LogP contribution in [0.4, 0.5) is 0 Å². The second-order valence-corrected chi connectivity index (χ2v) is 10.3. The highest BCUT2D eigenvalue weighted by molar-refractivity contribution is 6.09. The van der Waals surface area contributed by atoms with E-state index in [4.69, 9.17) is 9.97 Å². The molecule has 41 heavy (non-hydrogen) atoms. The molecule has 0 bridgehead atoms. The standard InChI is InChI=1S/C36H23N5/c1-5-16-28-24(12-1)25-13-2-6-17-29(25)39(28)34-22-11-23-37-35(34)26-14-3-7-18-30(26)40-32-20-9-10-21-33(32)41-31-19-8-4-15-27(31)38-36(40)41/h1-23H. The number of hydrogen-bond donors (Lipinski definition) is 0. The van der Waals surface area contributed by atoms with E-state index in [1.54, 1.807) is 0 Å². The summed E-state index contributed by atoms with van der Waals surface area (Å²) in [6.45, 7) is 0. The molecule has 4 heterocycles. The SMILES string of the molecule is c1ccc(-n2c3ccccc3n3c4ccccc4nc23)c(-c2ncccc2-n2c3ccccc3c3ccccc32)c1. The van der Waals surface area contributed by atoms with Crippen molar-refractivity contribution in [3.63, 3.8) is 0 Å². The molecule has 0 unspecified atom stereocenters. The molecule has 0 amide bonds. The minimum Gasteiger partial charge on any atom is -0.307 e. The quantitative estimate of drug-likeness (QED) is 0.232. The highest BCUT2D eigenvalue weighted by Crippen LogP contribution is 2.38. The first kappa shape index (κ1) is 22.2. The van der Waals surface area contributed by atoms with Crippen LogP contribution in [-0.2, 0) is 0 Å². The van der Waals surface area contributed by atoms with Crippen molar-refractivity contribution in [2.24, 2.45) is 0 Å². The van der Waals surface area contributed by atoms with Gasteiger partial charge in [-0.1, -0.05) is 78.9 Å². The van der Waals surface area contributed by atoms with E-state index in [2.05, 4.69) is 135 Å². The molecule has 0 aliphatic rings. The first-order chi connectivity index (χ1) is 20.4. The van der Waals surface area contributed by atoms with Crippen LogP contribution in [0.5, 0.6) is 0 Å². The Morgan fingerprint density at radius 2 is 1.02 bits per heavy atom. The first-order valence-corrected chi connectivity index (χ1v) is 13.8. The van der Waals surface area contributed by atoms with Crippen LogP contribution >= 0.6 is 0 Å². The van der Waals surface area contributed by atoms with E-state index in [1.165, 1.54) is 10.8 Å². The van der Waals surface area contributed by atoms with Crippen molar-refractivity contribution in [2.45, 2.75) is 0 Å². The van der Waals surface area contributed by atoms with Crippen LogP contribution in [0.3, 0.4) is 0 Å². The number of rotatable bonds is 3. The molecule has 9 aromatic rings. The van der Waals surface area contributed by atoms with Crippen LogP contribution < -0.4 is 0 Å². The maximum Gasteiger partial charge on any atom is 0.220 e. The fourth-order valence-corrected chi connectivity index (χ4v) is 6.42. The van der Waals surface area contributed by atoms with Gasteiger partial charge in [-0.3, -0.25) is 14.0 Å². The topological polar surface area (TPSA) is 40.1 Å². The lowest BCUT2D eigenvalue weighted by Crippen LogP contribution is -2.03. The predicted molar refractivity (Wildman–Crippen MR) is 167 cm³/mol. The molecule has 9 rings (SSSR count). The Bertz CT molecular complexity index is 2390. The summed E-state index contributed by atoms with van der Waals surface area (Å²) in [7, 11) is 0. The van der Waals surface area contributed by atoms with Gasteiger partial charge in [0.25, 0.3) is 0 Å². The number of benzene rings is 5.